The second-order valence-corrected chi connectivity index (χ2v) is 10.5. The van der Waals surface area contributed by atoms with E-state index in [0.717, 1.165) is 17.3 Å². The van der Waals surface area contributed by atoms with E-state index in [1.807, 2.05) is 18.8 Å². The van der Waals surface area contributed by atoms with Crippen LogP contribution in [0.5, 0.6) is 0 Å². The fourth-order valence-corrected chi connectivity index (χ4v) is 3.19. The summed E-state index contributed by atoms with van der Waals surface area (Å²) >= 11 is 4.81. The second kappa shape index (κ2) is 29.8. The van der Waals surface area contributed by atoms with Crippen LogP contribution < -0.4 is 17.2 Å². The van der Waals surface area contributed by atoms with Crippen molar-refractivity contribution >= 4 is 59.5 Å². The van der Waals surface area contributed by atoms with E-state index in [1.165, 1.54) is 0 Å². The largest absolute Gasteiger partial charge is 0.480 e. The molecule has 0 bridgehead atoms. The van der Waals surface area contributed by atoms with Crippen molar-refractivity contribution < 1.29 is 60.0 Å². The molecule has 15 nitrogen and oxygen atoms in total. The Morgan fingerprint density at radius 1 is 0.667 bits per heavy atom. The molecule has 234 valence electrons. The quantitative estimate of drug-likeness (QED) is 0.0719. The van der Waals surface area contributed by atoms with Crippen molar-refractivity contribution in [3.63, 3.8) is 0 Å². The summed E-state index contributed by atoms with van der Waals surface area (Å²) < 4.78 is 0. The normalized spacial score (nSPS) is 15.6. The third kappa shape index (κ3) is 29.6. The molecule has 14 N–H and O–H groups in total. The van der Waals surface area contributed by atoms with Crippen molar-refractivity contribution in [3.8, 4) is 0 Å². The molecule has 39 heavy (non-hydrogen) atoms. The first kappa shape index (κ1) is 44.8. The van der Waals surface area contributed by atoms with Crippen molar-refractivity contribution in [3.05, 3.63) is 0 Å². The summed E-state index contributed by atoms with van der Waals surface area (Å²) in [6.07, 6.45) is 0.592. The number of thioether (sulfide) groups is 3. The summed E-state index contributed by atoms with van der Waals surface area (Å²) in [6.45, 7) is -0.760. The smallest absolute Gasteiger partial charge is 0.320 e. The van der Waals surface area contributed by atoms with Gasteiger partial charge in [-0.3, -0.25) is 14.4 Å². The monoisotopic (exact) mass is 627 g/mol. The molecule has 18 heteroatoms. The second-order valence-electron chi connectivity index (χ2n) is 7.54. The van der Waals surface area contributed by atoms with Crippen LogP contribution in [-0.4, -0.2) is 150 Å². The number of hydrogen-bond donors (Lipinski definition) is 11. The van der Waals surface area contributed by atoms with Crippen molar-refractivity contribution in [1.29, 1.82) is 0 Å². The van der Waals surface area contributed by atoms with Gasteiger partial charge in [-0.25, -0.2) is 0 Å². The average Bonchev–Trinajstić information content (AvgIpc) is 2.91. The van der Waals surface area contributed by atoms with Crippen molar-refractivity contribution in [2.75, 3.05) is 42.6 Å². The first-order chi connectivity index (χ1) is 18.1. The number of aliphatic carboxylic acids is 3. The Morgan fingerprint density at radius 3 is 1.13 bits per heavy atom. The molecule has 0 fully saturated rings. The number of carbonyl (C=O) groups excluding carboxylic acids is 1. The SMILES string of the molecule is CSCCC(N)C(=O)O.CSCCC(N)C(=O)O.CSCCC(N)C(=O)O.O=C[C@H](O)[C@@H](O)[C@H](O)[C@H](O)CO. The molecule has 0 rings (SSSR count). The van der Waals surface area contributed by atoms with Gasteiger partial charge in [-0.2, -0.15) is 35.3 Å². The van der Waals surface area contributed by atoms with Crippen LogP contribution in [0.15, 0.2) is 0 Å². The lowest BCUT2D eigenvalue weighted by Crippen LogP contribution is -2.46. The minimum absolute atomic E-state index is 0.0258. The highest BCUT2D eigenvalue weighted by Gasteiger charge is 2.29. The summed E-state index contributed by atoms with van der Waals surface area (Å²) in [5.41, 5.74) is 15.6. The molecular formula is C21H45N3O12S3. The summed E-state index contributed by atoms with van der Waals surface area (Å²) in [7, 11) is 0. The molecule has 0 amide bonds. The van der Waals surface area contributed by atoms with Gasteiger partial charge in [0.2, 0.25) is 0 Å². The lowest BCUT2D eigenvalue weighted by atomic mass is 10.0. The Labute approximate surface area is 240 Å². The van der Waals surface area contributed by atoms with Crippen LogP contribution in [0, 0.1) is 0 Å². The van der Waals surface area contributed by atoms with E-state index in [2.05, 4.69) is 0 Å². The summed E-state index contributed by atoms with van der Waals surface area (Å²) in [6, 6.07) is -2.05. The van der Waals surface area contributed by atoms with E-state index in [-0.39, 0.29) is 6.29 Å². The molecule has 0 aromatic carbocycles. The van der Waals surface area contributed by atoms with E-state index in [4.69, 9.17) is 58.1 Å². The molecular weight excluding hydrogens is 582 g/mol. The third-order valence-corrected chi connectivity index (χ3v) is 6.20. The number of carbonyl (C=O) groups is 4. The first-order valence-corrected chi connectivity index (χ1v) is 15.5. The number of hydrogen-bond acceptors (Lipinski definition) is 15. The Kier molecular flexibility index (Phi) is 34.2. The number of aliphatic hydroxyl groups excluding tert-OH is 5. The number of aliphatic hydroxyl groups is 5. The van der Waals surface area contributed by atoms with Gasteiger partial charge in [0.1, 0.15) is 42.5 Å². The van der Waals surface area contributed by atoms with Crippen LogP contribution in [-0.2, 0) is 19.2 Å². The number of nitrogens with two attached hydrogens (primary N) is 3. The highest BCUT2D eigenvalue weighted by atomic mass is 32.2. The highest BCUT2D eigenvalue weighted by Crippen LogP contribution is 2.03. The van der Waals surface area contributed by atoms with E-state index >= 15 is 0 Å². The van der Waals surface area contributed by atoms with E-state index in [9.17, 15) is 19.2 Å². The Hall–Kier alpha value is -1.19. The lowest BCUT2D eigenvalue weighted by Gasteiger charge is -2.22. The number of aldehydes is 1. The molecule has 0 aromatic rings. The zero-order valence-corrected chi connectivity index (χ0v) is 24.7. The maximum Gasteiger partial charge on any atom is 0.320 e. The number of carboxylic acids is 3. The molecule has 0 aliphatic carbocycles. The highest BCUT2D eigenvalue weighted by molar-refractivity contribution is 7.98. The van der Waals surface area contributed by atoms with Crippen LogP contribution >= 0.6 is 35.3 Å². The van der Waals surface area contributed by atoms with E-state index < -0.39 is 67.1 Å². The average molecular weight is 628 g/mol. The number of carboxylic acid groups (broad SMARTS) is 3. The standard InChI is InChI=1S/C6H12O6.3C5H11NO2S/c7-1-3(9)5(11)6(12)4(10)2-8;3*1-9-3-2-4(6)5(7)8/h1,3-6,8-12H,2H2;3*4H,2-3,6H2,1H3,(H,7,8)/t3-,4+,5+,6+;;;/m0.../s1. The fraction of sp³-hybridized carbons (Fsp3) is 0.810. The van der Waals surface area contributed by atoms with Crippen LogP contribution in [0.4, 0.5) is 0 Å². The van der Waals surface area contributed by atoms with Crippen LogP contribution in [0.3, 0.4) is 0 Å². The zero-order chi connectivity index (χ0) is 31.6. The van der Waals surface area contributed by atoms with Gasteiger partial charge in [0.15, 0.2) is 6.29 Å². The molecule has 0 spiro atoms. The molecule has 3 unspecified atom stereocenters. The predicted molar refractivity (Wildman–Crippen MR) is 153 cm³/mol. The summed E-state index contributed by atoms with van der Waals surface area (Å²) in [5, 5.41) is 68.4. The maximum absolute atomic E-state index is 10.1. The lowest BCUT2D eigenvalue weighted by molar-refractivity contribution is -0.139. The van der Waals surface area contributed by atoms with Gasteiger partial charge in [0, 0.05) is 0 Å². The molecule has 0 aliphatic rings. The zero-order valence-electron chi connectivity index (χ0n) is 22.2. The predicted octanol–water partition coefficient (Wildman–Crippen LogP) is -2.92. The fourth-order valence-electron chi connectivity index (χ4n) is 1.72. The maximum atomic E-state index is 10.1. The molecule has 0 saturated carbocycles. The van der Waals surface area contributed by atoms with Gasteiger partial charge in [-0.15, -0.1) is 0 Å². The minimum Gasteiger partial charge on any atom is -0.480 e. The van der Waals surface area contributed by atoms with Gasteiger partial charge in [-0.1, -0.05) is 0 Å². The summed E-state index contributed by atoms with van der Waals surface area (Å²) in [5.74, 6) is -0.300. The molecule has 0 heterocycles. The van der Waals surface area contributed by atoms with Gasteiger partial charge in [-0.05, 0) is 55.3 Å². The topological polar surface area (TPSA) is 308 Å². The van der Waals surface area contributed by atoms with Gasteiger partial charge < -0.3 is 62.8 Å². The van der Waals surface area contributed by atoms with E-state index in [0.29, 0.717) is 19.3 Å². The van der Waals surface area contributed by atoms with Crippen LogP contribution in [0.1, 0.15) is 19.3 Å². The van der Waals surface area contributed by atoms with Crippen molar-refractivity contribution in [2.45, 2.75) is 61.8 Å². The molecule has 0 aliphatic heterocycles. The van der Waals surface area contributed by atoms with Crippen molar-refractivity contribution in [2.24, 2.45) is 17.2 Å². The Balaban J connectivity index is -0.000000211. The first-order valence-electron chi connectivity index (χ1n) is 11.3. The molecule has 0 aromatic heterocycles. The third-order valence-electron chi connectivity index (χ3n) is 4.27. The van der Waals surface area contributed by atoms with Crippen molar-refractivity contribution in [1.82, 2.24) is 0 Å². The summed E-state index contributed by atoms with van der Waals surface area (Å²) in [4.78, 5) is 40.1. The van der Waals surface area contributed by atoms with Gasteiger partial charge in [0.05, 0.1) is 6.61 Å². The molecule has 0 radical (unpaired) electrons. The molecule has 7 atom stereocenters. The minimum atomic E-state index is -1.79. The van der Waals surface area contributed by atoms with Gasteiger partial charge in [0.25, 0.3) is 0 Å². The Morgan fingerprint density at radius 2 is 0.949 bits per heavy atom. The Bertz CT molecular complexity index is 583. The van der Waals surface area contributed by atoms with E-state index in [1.54, 1.807) is 35.3 Å². The van der Waals surface area contributed by atoms with Crippen LogP contribution in [0.2, 0.25) is 0 Å². The van der Waals surface area contributed by atoms with Crippen LogP contribution in [0.25, 0.3) is 0 Å². The van der Waals surface area contributed by atoms with Gasteiger partial charge >= 0.3 is 17.9 Å². The number of rotatable bonds is 17. The molecule has 0 saturated heterocycles.